The van der Waals surface area contributed by atoms with Gasteiger partial charge in [0, 0.05) is 0 Å². The van der Waals surface area contributed by atoms with Crippen LogP contribution in [0, 0.1) is 0 Å². The summed E-state index contributed by atoms with van der Waals surface area (Å²) in [5, 5.41) is 5.36. The predicted molar refractivity (Wildman–Crippen MR) is 65.8 cm³/mol. The Morgan fingerprint density at radius 1 is 1.35 bits per heavy atom. The number of ether oxygens (including phenoxy) is 1. The van der Waals surface area contributed by atoms with E-state index in [-0.39, 0.29) is 52.7 Å². The van der Waals surface area contributed by atoms with Crippen LogP contribution < -0.4 is 34.6 Å². The number of carbonyl (C=O) groups excluding carboxylic acids is 1. The zero-order chi connectivity index (χ0) is 14.0. The van der Waals surface area contributed by atoms with Gasteiger partial charge in [-0.15, -0.1) is 5.10 Å². The molecule has 9 heteroatoms. The number of carbonyl (C=O) groups is 1. The monoisotopic (exact) mass is 306 g/mol. The van der Waals surface area contributed by atoms with Gasteiger partial charge in [0.05, 0.1) is 17.2 Å². The van der Waals surface area contributed by atoms with Gasteiger partial charge in [0.2, 0.25) is 5.78 Å². The Kier molecular flexibility index (Phi) is 5.72. The van der Waals surface area contributed by atoms with Crippen LogP contribution in [0.2, 0.25) is 0 Å². The van der Waals surface area contributed by atoms with Gasteiger partial charge in [-0.25, -0.2) is 8.42 Å². The summed E-state index contributed by atoms with van der Waals surface area (Å²) >= 11 is 0. The summed E-state index contributed by atoms with van der Waals surface area (Å²) in [6.07, 6.45) is 0. The predicted octanol–water partition coefficient (Wildman–Crippen LogP) is -2.67. The van der Waals surface area contributed by atoms with E-state index in [1.165, 1.54) is 29.3 Å². The van der Waals surface area contributed by atoms with E-state index < -0.39 is 10.1 Å². The van der Waals surface area contributed by atoms with Gasteiger partial charge in [-0.3, -0.25) is 9.80 Å². The molecule has 1 aromatic carbocycles. The molecule has 20 heavy (non-hydrogen) atoms. The number of Topliss-reactive ketones (excluding diaryl/α,β-unsaturated/α-hetero) is 1. The standard InChI is InChI=1S/C11H12N2O5S.Na/c1-2-18-11-10(14)7-13(12-11)8-3-5-9(6-4-8)19(15,16)17;/h3-6H,2,7H2,1H3,(H,15,16,17);/q;+1/p-1. The molecular weight excluding hydrogens is 295 g/mol. The molecule has 0 unspecified atom stereocenters. The van der Waals surface area contributed by atoms with Crippen LogP contribution in [0.5, 0.6) is 0 Å². The second-order valence-electron chi connectivity index (χ2n) is 3.77. The van der Waals surface area contributed by atoms with E-state index in [2.05, 4.69) is 5.10 Å². The van der Waals surface area contributed by atoms with Crippen molar-refractivity contribution in [2.75, 3.05) is 18.2 Å². The van der Waals surface area contributed by atoms with Crippen LogP contribution in [0.3, 0.4) is 0 Å². The van der Waals surface area contributed by atoms with Crippen molar-refractivity contribution in [3.8, 4) is 0 Å². The van der Waals surface area contributed by atoms with Gasteiger partial charge < -0.3 is 9.29 Å². The van der Waals surface area contributed by atoms with Crippen LogP contribution in [-0.4, -0.2) is 37.8 Å². The Labute approximate surface area is 138 Å². The number of hydrazone groups is 1. The molecule has 0 N–H and O–H groups in total. The summed E-state index contributed by atoms with van der Waals surface area (Å²) in [6, 6.07) is 5.18. The van der Waals surface area contributed by atoms with Crippen molar-refractivity contribution in [3.05, 3.63) is 24.3 Å². The van der Waals surface area contributed by atoms with Gasteiger partial charge in [0.15, 0.2) is 0 Å². The summed E-state index contributed by atoms with van der Waals surface area (Å²) in [4.78, 5) is 11.2. The third-order valence-corrected chi connectivity index (χ3v) is 3.30. The molecule has 102 valence electrons. The largest absolute Gasteiger partial charge is 1.00 e. The molecule has 0 saturated heterocycles. The second kappa shape index (κ2) is 6.68. The summed E-state index contributed by atoms with van der Waals surface area (Å²) in [5.74, 6) is -0.217. The van der Waals surface area contributed by atoms with E-state index in [4.69, 9.17) is 4.74 Å². The first-order valence-electron chi connectivity index (χ1n) is 5.50. The summed E-state index contributed by atoms with van der Waals surface area (Å²) in [6.45, 7) is 2.11. The maximum atomic E-state index is 11.5. The number of benzene rings is 1. The fourth-order valence-corrected chi connectivity index (χ4v) is 2.05. The van der Waals surface area contributed by atoms with Gasteiger partial charge in [-0.2, -0.15) is 0 Å². The van der Waals surface area contributed by atoms with Crippen LogP contribution >= 0.6 is 0 Å². The van der Waals surface area contributed by atoms with Crippen molar-refractivity contribution in [2.45, 2.75) is 11.8 Å². The Hall–Kier alpha value is -0.930. The molecule has 0 radical (unpaired) electrons. The maximum absolute atomic E-state index is 11.5. The number of ketones is 1. The summed E-state index contributed by atoms with van der Waals surface area (Å²) in [5.41, 5.74) is 0.510. The number of anilines is 1. The maximum Gasteiger partial charge on any atom is 1.00 e. The fourth-order valence-electron chi connectivity index (χ4n) is 1.58. The van der Waals surface area contributed by atoms with Gasteiger partial charge >= 0.3 is 29.6 Å². The van der Waals surface area contributed by atoms with Crippen LogP contribution in [-0.2, 0) is 19.6 Å². The van der Waals surface area contributed by atoms with Gasteiger partial charge in [0.1, 0.15) is 16.7 Å². The van der Waals surface area contributed by atoms with Gasteiger partial charge in [0.25, 0.3) is 5.90 Å². The molecule has 7 nitrogen and oxygen atoms in total. The SMILES string of the molecule is CCOC1=NN(c2ccc(S(=O)(=O)[O-])cc2)CC1=O.[Na+]. The second-order valence-corrected chi connectivity index (χ2v) is 5.15. The molecule has 0 saturated carbocycles. The number of hydrogen-bond acceptors (Lipinski definition) is 7. The normalized spacial score (nSPS) is 14.8. The number of hydrogen-bond donors (Lipinski definition) is 0. The molecule has 0 atom stereocenters. The van der Waals surface area contributed by atoms with Crippen LogP contribution in [0.1, 0.15) is 6.92 Å². The average Bonchev–Trinajstić information content (AvgIpc) is 2.71. The molecule has 1 aliphatic heterocycles. The summed E-state index contributed by atoms with van der Waals surface area (Å²) < 4.78 is 37.4. The van der Waals surface area contributed by atoms with E-state index in [1.54, 1.807) is 6.92 Å². The first-order valence-corrected chi connectivity index (χ1v) is 6.90. The Morgan fingerprint density at radius 3 is 2.45 bits per heavy atom. The van der Waals surface area contributed by atoms with Crippen LogP contribution in [0.25, 0.3) is 0 Å². The Morgan fingerprint density at radius 2 is 1.95 bits per heavy atom. The fraction of sp³-hybridized carbons (Fsp3) is 0.273. The van der Waals surface area contributed by atoms with Crippen molar-refractivity contribution in [1.82, 2.24) is 0 Å². The quantitative estimate of drug-likeness (QED) is 0.446. The molecule has 0 spiro atoms. The van der Waals surface area contributed by atoms with Crippen molar-refractivity contribution in [2.24, 2.45) is 5.10 Å². The smallest absolute Gasteiger partial charge is 0.744 e. The van der Waals surface area contributed by atoms with E-state index in [1.807, 2.05) is 0 Å². The third kappa shape index (κ3) is 3.80. The third-order valence-electron chi connectivity index (χ3n) is 2.45. The first kappa shape index (κ1) is 17.1. The molecule has 2 rings (SSSR count). The van der Waals surface area contributed by atoms with Gasteiger partial charge in [-0.05, 0) is 31.2 Å². The zero-order valence-electron chi connectivity index (χ0n) is 11.1. The van der Waals surface area contributed by atoms with Crippen LogP contribution in [0.4, 0.5) is 5.69 Å². The Balaban J connectivity index is 0.00000200. The molecule has 0 aliphatic carbocycles. The average molecular weight is 306 g/mol. The summed E-state index contributed by atoms with van der Waals surface area (Å²) in [7, 11) is -4.47. The molecule has 0 fully saturated rings. The van der Waals surface area contributed by atoms with Crippen LogP contribution in [0.15, 0.2) is 34.3 Å². The first-order chi connectivity index (χ1) is 8.91. The van der Waals surface area contributed by atoms with E-state index >= 15 is 0 Å². The Bertz CT molecular complexity index is 627. The minimum Gasteiger partial charge on any atom is -0.744 e. The molecule has 0 bridgehead atoms. The van der Waals surface area contributed by atoms with E-state index in [0.717, 1.165) is 0 Å². The minimum atomic E-state index is -4.47. The number of nitrogens with zero attached hydrogens (tertiary/aromatic N) is 2. The number of rotatable bonds is 3. The molecule has 1 aromatic rings. The van der Waals surface area contributed by atoms with Gasteiger partial charge in [-0.1, -0.05) is 0 Å². The van der Waals surface area contributed by atoms with Crippen molar-refractivity contribution < 1.29 is 52.1 Å². The van der Waals surface area contributed by atoms with E-state index in [9.17, 15) is 17.8 Å². The molecule has 0 amide bonds. The molecule has 0 aromatic heterocycles. The molecule has 1 heterocycles. The van der Waals surface area contributed by atoms with Crippen molar-refractivity contribution in [1.29, 1.82) is 0 Å². The van der Waals surface area contributed by atoms with Crippen molar-refractivity contribution >= 4 is 27.5 Å². The topological polar surface area (TPSA) is 99.1 Å². The van der Waals surface area contributed by atoms with Crippen molar-refractivity contribution in [3.63, 3.8) is 0 Å². The molecule has 1 aliphatic rings. The molecular formula is C11H11N2NaO5S. The van der Waals surface area contributed by atoms with E-state index in [0.29, 0.717) is 12.3 Å². The minimum absolute atomic E-state index is 0. The zero-order valence-corrected chi connectivity index (χ0v) is 13.9.